The molecule has 0 spiro atoms. The zero-order valence-electron chi connectivity index (χ0n) is 8.81. The summed E-state index contributed by atoms with van der Waals surface area (Å²) in [5.41, 5.74) is 5.66. The van der Waals surface area contributed by atoms with E-state index >= 15 is 0 Å². The average Bonchev–Trinajstić information content (AvgIpc) is 2.26. The fraction of sp³-hybridized carbons (Fsp3) is 0.667. The molecule has 0 amide bonds. The summed E-state index contributed by atoms with van der Waals surface area (Å²) >= 11 is 0. The normalized spacial score (nSPS) is 16.0. The number of halogens is 2. The first-order valence-electron chi connectivity index (χ1n) is 4.36. The molecule has 1 aromatic rings. The fourth-order valence-electron chi connectivity index (χ4n) is 1.66. The van der Waals surface area contributed by atoms with Gasteiger partial charge in [0.05, 0.1) is 5.69 Å². The Morgan fingerprint density at radius 2 is 1.93 bits per heavy atom. The molecule has 0 fully saturated rings. The Morgan fingerprint density at radius 1 is 1.43 bits per heavy atom. The number of alkyl halides is 2. The first-order chi connectivity index (χ1) is 6.28. The molecule has 2 N–H and O–H groups in total. The quantitative estimate of drug-likeness (QED) is 0.791. The van der Waals surface area contributed by atoms with E-state index in [4.69, 9.17) is 5.73 Å². The minimum Gasteiger partial charge on any atom is -0.317 e. The molecule has 0 aliphatic rings. The molecule has 0 bridgehead atoms. The second kappa shape index (κ2) is 3.31. The van der Waals surface area contributed by atoms with Crippen molar-refractivity contribution < 1.29 is 8.78 Å². The Balaban J connectivity index is 3.31. The minimum absolute atomic E-state index is 0.440. The Morgan fingerprint density at radius 3 is 2.21 bits per heavy atom. The molecule has 0 aromatic carbocycles. The first kappa shape index (κ1) is 11.1. The van der Waals surface area contributed by atoms with Gasteiger partial charge in [0.2, 0.25) is 0 Å². The second-order valence-electron chi connectivity index (χ2n) is 3.75. The number of hydrogen-bond donors (Lipinski definition) is 1. The zero-order chi connectivity index (χ0) is 11.1. The van der Waals surface area contributed by atoms with Crippen LogP contribution in [0, 0.1) is 13.8 Å². The van der Waals surface area contributed by atoms with Crippen molar-refractivity contribution in [2.24, 2.45) is 12.8 Å². The summed E-state index contributed by atoms with van der Waals surface area (Å²) in [6, 6.07) is 0. The summed E-state index contributed by atoms with van der Waals surface area (Å²) in [7, 11) is 1.72. The highest BCUT2D eigenvalue weighted by Gasteiger charge is 2.36. The summed E-state index contributed by atoms with van der Waals surface area (Å²) < 4.78 is 27.0. The Labute approximate surface area is 81.9 Å². The summed E-state index contributed by atoms with van der Waals surface area (Å²) in [5, 5.41) is 4.06. The van der Waals surface area contributed by atoms with Crippen molar-refractivity contribution in [1.29, 1.82) is 0 Å². The molecule has 14 heavy (non-hydrogen) atoms. The number of hydrogen-bond acceptors (Lipinski definition) is 2. The van der Waals surface area contributed by atoms with Gasteiger partial charge in [-0.3, -0.25) is 4.68 Å². The Kier molecular flexibility index (Phi) is 2.63. The van der Waals surface area contributed by atoms with Crippen molar-refractivity contribution in [3.63, 3.8) is 0 Å². The molecule has 0 saturated heterocycles. The van der Waals surface area contributed by atoms with Crippen LogP contribution < -0.4 is 5.73 Å². The van der Waals surface area contributed by atoms with E-state index < -0.39 is 12.0 Å². The predicted octanol–water partition coefficient (Wildman–Crippen LogP) is 1.48. The largest absolute Gasteiger partial charge is 0.317 e. The number of nitrogens with zero attached hydrogens (tertiary/aromatic N) is 2. The van der Waals surface area contributed by atoms with Crippen molar-refractivity contribution in [3.05, 3.63) is 17.0 Å². The molecule has 0 aliphatic carbocycles. The van der Waals surface area contributed by atoms with Crippen LogP contribution in [0.15, 0.2) is 0 Å². The third kappa shape index (κ3) is 1.52. The van der Waals surface area contributed by atoms with Gasteiger partial charge in [-0.2, -0.15) is 5.10 Å². The van der Waals surface area contributed by atoms with E-state index in [-0.39, 0.29) is 0 Å². The molecular formula is C9H15F2N3. The maximum atomic E-state index is 12.7. The highest BCUT2D eigenvalue weighted by molar-refractivity contribution is 5.32. The van der Waals surface area contributed by atoms with Crippen LogP contribution in [-0.4, -0.2) is 16.2 Å². The van der Waals surface area contributed by atoms with E-state index in [1.165, 1.54) is 6.92 Å². The molecular weight excluding hydrogens is 188 g/mol. The van der Waals surface area contributed by atoms with E-state index in [0.717, 1.165) is 0 Å². The molecule has 80 valence electrons. The van der Waals surface area contributed by atoms with Gasteiger partial charge in [0.1, 0.15) is 5.54 Å². The summed E-state index contributed by atoms with van der Waals surface area (Å²) in [6.07, 6.45) is -2.59. The molecule has 1 heterocycles. The lowest BCUT2D eigenvalue weighted by Crippen LogP contribution is -2.41. The van der Waals surface area contributed by atoms with Crippen molar-refractivity contribution in [2.75, 3.05) is 0 Å². The van der Waals surface area contributed by atoms with Crippen LogP contribution >= 0.6 is 0 Å². The van der Waals surface area contributed by atoms with Crippen LogP contribution in [0.5, 0.6) is 0 Å². The predicted molar refractivity (Wildman–Crippen MR) is 50.2 cm³/mol. The zero-order valence-corrected chi connectivity index (χ0v) is 8.81. The standard InChI is InChI=1S/C9H15F2N3/c1-5-7(6(2)14(4)13-5)9(3,12)8(10)11/h8H,12H2,1-4H3. The minimum atomic E-state index is -2.59. The highest BCUT2D eigenvalue weighted by Crippen LogP contribution is 2.29. The van der Waals surface area contributed by atoms with Gasteiger partial charge >= 0.3 is 0 Å². The van der Waals surface area contributed by atoms with Crippen LogP contribution in [0.4, 0.5) is 8.78 Å². The molecule has 0 aliphatic heterocycles. The molecule has 1 rings (SSSR count). The van der Waals surface area contributed by atoms with Crippen molar-refractivity contribution in [1.82, 2.24) is 9.78 Å². The lowest BCUT2D eigenvalue weighted by molar-refractivity contribution is 0.0617. The number of nitrogens with two attached hydrogens (primary N) is 1. The Hall–Kier alpha value is -0.970. The number of aromatic nitrogens is 2. The van der Waals surface area contributed by atoms with Crippen LogP contribution in [0.2, 0.25) is 0 Å². The molecule has 3 nitrogen and oxygen atoms in total. The third-order valence-electron chi connectivity index (χ3n) is 2.50. The highest BCUT2D eigenvalue weighted by atomic mass is 19.3. The van der Waals surface area contributed by atoms with Crippen LogP contribution in [0.3, 0.4) is 0 Å². The fourth-order valence-corrected chi connectivity index (χ4v) is 1.66. The monoisotopic (exact) mass is 203 g/mol. The van der Waals surface area contributed by atoms with Gasteiger partial charge in [-0.05, 0) is 20.8 Å². The Bertz CT molecular complexity index is 342. The van der Waals surface area contributed by atoms with E-state index in [1.54, 1.807) is 25.6 Å². The molecule has 0 saturated carbocycles. The number of aryl methyl sites for hydroxylation is 2. The van der Waals surface area contributed by atoms with Crippen molar-refractivity contribution >= 4 is 0 Å². The van der Waals surface area contributed by atoms with E-state index in [9.17, 15) is 8.78 Å². The third-order valence-corrected chi connectivity index (χ3v) is 2.50. The first-order valence-corrected chi connectivity index (χ1v) is 4.36. The summed E-state index contributed by atoms with van der Waals surface area (Å²) in [5.74, 6) is 0. The van der Waals surface area contributed by atoms with Gasteiger partial charge in [-0.1, -0.05) is 0 Å². The molecule has 1 aromatic heterocycles. The number of rotatable bonds is 2. The van der Waals surface area contributed by atoms with Crippen molar-refractivity contribution in [2.45, 2.75) is 32.7 Å². The average molecular weight is 203 g/mol. The maximum absolute atomic E-state index is 12.7. The topological polar surface area (TPSA) is 43.8 Å². The van der Waals surface area contributed by atoms with E-state index in [1.807, 2.05) is 0 Å². The van der Waals surface area contributed by atoms with Gasteiger partial charge in [0, 0.05) is 18.3 Å². The van der Waals surface area contributed by atoms with Crippen LogP contribution in [0.25, 0.3) is 0 Å². The maximum Gasteiger partial charge on any atom is 0.260 e. The summed E-state index contributed by atoms with van der Waals surface area (Å²) in [6.45, 7) is 4.76. The summed E-state index contributed by atoms with van der Waals surface area (Å²) in [4.78, 5) is 0. The van der Waals surface area contributed by atoms with Gasteiger partial charge in [-0.15, -0.1) is 0 Å². The van der Waals surface area contributed by atoms with E-state index in [0.29, 0.717) is 17.0 Å². The van der Waals surface area contributed by atoms with Crippen LogP contribution in [0.1, 0.15) is 23.9 Å². The lowest BCUT2D eigenvalue weighted by atomic mass is 9.92. The SMILES string of the molecule is Cc1nn(C)c(C)c1C(C)(N)C(F)F. The van der Waals surface area contributed by atoms with Gasteiger partial charge in [-0.25, -0.2) is 8.78 Å². The van der Waals surface area contributed by atoms with Gasteiger partial charge in [0.25, 0.3) is 6.43 Å². The molecule has 1 atom stereocenters. The lowest BCUT2D eigenvalue weighted by Gasteiger charge is -2.24. The molecule has 0 radical (unpaired) electrons. The van der Waals surface area contributed by atoms with Gasteiger partial charge in [0.15, 0.2) is 0 Å². The van der Waals surface area contributed by atoms with Gasteiger partial charge < -0.3 is 5.73 Å². The van der Waals surface area contributed by atoms with Crippen LogP contribution in [-0.2, 0) is 12.6 Å². The van der Waals surface area contributed by atoms with Crippen molar-refractivity contribution in [3.8, 4) is 0 Å². The second-order valence-corrected chi connectivity index (χ2v) is 3.75. The smallest absolute Gasteiger partial charge is 0.260 e. The molecule has 5 heteroatoms. The molecule has 1 unspecified atom stereocenters. The van der Waals surface area contributed by atoms with E-state index in [2.05, 4.69) is 5.10 Å².